The minimum absolute atomic E-state index is 0.107. The predicted molar refractivity (Wildman–Crippen MR) is 201 cm³/mol. The number of aliphatic carboxylic acids is 1. The Morgan fingerprint density at radius 1 is 0.712 bits per heavy atom. The van der Waals surface area contributed by atoms with Gasteiger partial charge >= 0.3 is 12.1 Å². The molecule has 0 radical (unpaired) electrons. The molecular weight excluding hydrogens is 652 g/mol. The summed E-state index contributed by atoms with van der Waals surface area (Å²) in [6, 6.07) is 44.7. The van der Waals surface area contributed by atoms with Crippen LogP contribution in [0.5, 0.6) is 0 Å². The van der Waals surface area contributed by atoms with Crippen LogP contribution >= 0.6 is 0 Å². The summed E-state index contributed by atoms with van der Waals surface area (Å²) in [5.41, 5.74) is 6.05. The highest BCUT2D eigenvalue weighted by Crippen LogP contribution is 2.45. The summed E-state index contributed by atoms with van der Waals surface area (Å²) in [5, 5.41) is 13.0. The number of carbonyl (C=O) groups excluding carboxylic acids is 2. The Morgan fingerprint density at radius 2 is 1.17 bits per heavy atom. The van der Waals surface area contributed by atoms with Crippen LogP contribution in [0.25, 0.3) is 11.1 Å². The van der Waals surface area contributed by atoms with Gasteiger partial charge in [-0.3, -0.25) is 9.69 Å². The van der Waals surface area contributed by atoms with Crippen LogP contribution in [0.15, 0.2) is 140 Å². The zero-order chi connectivity index (χ0) is 36.5. The summed E-state index contributed by atoms with van der Waals surface area (Å²) in [6.45, 7) is 2.17. The van der Waals surface area contributed by atoms with Crippen molar-refractivity contribution in [3.63, 3.8) is 0 Å². The smallest absolute Gasteiger partial charge is 0.410 e. The molecule has 0 aliphatic heterocycles. The van der Waals surface area contributed by atoms with E-state index in [0.717, 1.165) is 43.8 Å². The molecule has 8 heteroatoms. The van der Waals surface area contributed by atoms with Crippen molar-refractivity contribution in [1.29, 1.82) is 0 Å². The summed E-state index contributed by atoms with van der Waals surface area (Å²) < 4.78 is 12.5. The highest BCUT2D eigenvalue weighted by Gasteiger charge is 2.40. The molecule has 2 atom stereocenters. The minimum atomic E-state index is -1.11. The molecule has 0 fully saturated rings. The highest BCUT2D eigenvalue weighted by molar-refractivity contribution is 5.81. The number of carboxylic acid groups (broad SMARTS) is 1. The van der Waals surface area contributed by atoms with Gasteiger partial charge < -0.3 is 19.9 Å². The van der Waals surface area contributed by atoms with Gasteiger partial charge in [-0.25, -0.2) is 9.59 Å². The fourth-order valence-corrected chi connectivity index (χ4v) is 7.17. The second-order valence-electron chi connectivity index (χ2n) is 13.1. The van der Waals surface area contributed by atoms with Crippen molar-refractivity contribution in [3.8, 4) is 11.1 Å². The van der Waals surface area contributed by atoms with E-state index < -0.39 is 29.8 Å². The van der Waals surface area contributed by atoms with E-state index in [-0.39, 0.29) is 24.9 Å². The van der Waals surface area contributed by atoms with E-state index in [1.807, 2.05) is 127 Å². The van der Waals surface area contributed by atoms with E-state index in [9.17, 15) is 19.5 Å². The fourth-order valence-electron chi connectivity index (χ4n) is 7.17. The topological polar surface area (TPSA) is 105 Å². The van der Waals surface area contributed by atoms with Gasteiger partial charge in [0.25, 0.3) is 0 Å². The summed E-state index contributed by atoms with van der Waals surface area (Å²) in [5.74, 6) is -1.51. The highest BCUT2D eigenvalue weighted by atomic mass is 16.6. The van der Waals surface area contributed by atoms with Gasteiger partial charge in [-0.15, -0.1) is 0 Å². The van der Waals surface area contributed by atoms with Gasteiger partial charge in [0.2, 0.25) is 5.91 Å². The summed E-state index contributed by atoms with van der Waals surface area (Å²) >= 11 is 0. The largest absolute Gasteiger partial charge is 0.480 e. The van der Waals surface area contributed by atoms with Crippen LogP contribution < -0.4 is 5.32 Å². The molecule has 1 aliphatic rings. The Balaban J connectivity index is 1.04. The second kappa shape index (κ2) is 16.5. The Bertz CT molecular complexity index is 1830. The zero-order valence-corrected chi connectivity index (χ0v) is 29.5. The van der Waals surface area contributed by atoms with Gasteiger partial charge in [0.1, 0.15) is 24.4 Å². The molecule has 5 aromatic rings. The first kappa shape index (κ1) is 36.1. The molecule has 266 valence electrons. The SMILES string of the molecule is C[C@H](OC(c1ccccc1)(c1ccccc1)c1ccccc1)C(=O)NCCCC[C@@H](C(=O)O)N(C)C(=O)OCC1c2ccccc2-c2ccccc21. The van der Waals surface area contributed by atoms with E-state index in [2.05, 4.69) is 17.4 Å². The Kier molecular flexibility index (Phi) is 11.5. The van der Waals surface area contributed by atoms with Crippen molar-refractivity contribution < 1.29 is 29.0 Å². The van der Waals surface area contributed by atoms with Gasteiger partial charge in [0.05, 0.1) is 0 Å². The molecule has 52 heavy (non-hydrogen) atoms. The molecule has 0 unspecified atom stereocenters. The molecule has 0 spiro atoms. The number of fused-ring (bicyclic) bond motifs is 3. The molecule has 0 aromatic heterocycles. The van der Waals surface area contributed by atoms with Gasteiger partial charge in [-0.2, -0.15) is 0 Å². The average molecular weight is 697 g/mol. The molecule has 6 rings (SSSR count). The van der Waals surface area contributed by atoms with Crippen LogP contribution in [-0.2, 0) is 24.7 Å². The average Bonchev–Trinajstić information content (AvgIpc) is 3.51. The molecule has 0 saturated heterocycles. The maximum Gasteiger partial charge on any atom is 0.410 e. The van der Waals surface area contributed by atoms with Crippen LogP contribution in [-0.4, -0.2) is 60.3 Å². The summed E-state index contributed by atoms with van der Waals surface area (Å²) in [7, 11) is 1.46. The first-order valence-electron chi connectivity index (χ1n) is 17.7. The van der Waals surface area contributed by atoms with Crippen molar-refractivity contribution >= 4 is 18.0 Å². The van der Waals surface area contributed by atoms with Crippen molar-refractivity contribution in [2.75, 3.05) is 20.2 Å². The van der Waals surface area contributed by atoms with Crippen molar-refractivity contribution in [3.05, 3.63) is 167 Å². The van der Waals surface area contributed by atoms with E-state index in [0.29, 0.717) is 19.4 Å². The molecule has 0 saturated carbocycles. The van der Waals surface area contributed by atoms with E-state index in [1.54, 1.807) is 6.92 Å². The predicted octanol–water partition coefficient (Wildman–Crippen LogP) is 8.00. The minimum Gasteiger partial charge on any atom is -0.480 e. The monoisotopic (exact) mass is 696 g/mol. The number of carboxylic acids is 1. The van der Waals surface area contributed by atoms with Crippen LogP contribution in [0.1, 0.15) is 59.9 Å². The van der Waals surface area contributed by atoms with Crippen LogP contribution in [0.2, 0.25) is 0 Å². The quantitative estimate of drug-likeness (QED) is 0.0849. The molecule has 1 aliphatic carbocycles. The number of hydrogen-bond acceptors (Lipinski definition) is 5. The molecule has 0 bridgehead atoms. The van der Waals surface area contributed by atoms with Crippen LogP contribution in [0, 0.1) is 0 Å². The van der Waals surface area contributed by atoms with Gasteiger partial charge in [0.15, 0.2) is 0 Å². The molecule has 0 heterocycles. The lowest BCUT2D eigenvalue weighted by molar-refractivity contribution is -0.142. The zero-order valence-electron chi connectivity index (χ0n) is 29.5. The van der Waals surface area contributed by atoms with Crippen molar-refractivity contribution in [2.45, 2.75) is 49.9 Å². The fraction of sp³-hybridized carbons (Fsp3) is 0.250. The lowest BCUT2D eigenvalue weighted by Gasteiger charge is -2.37. The molecule has 5 aromatic carbocycles. The number of rotatable bonds is 15. The number of nitrogens with zero attached hydrogens (tertiary/aromatic N) is 1. The maximum atomic E-state index is 13.5. The standard InChI is InChI=1S/C44H44N2O6/c1-31(52-44(32-18-6-3-7-19-32,33-20-8-4-9-21-33)34-22-10-5-11-23-34)41(47)45-29-17-16-28-40(42(48)49)46(2)43(50)51-30-39-37-26-14-12-24-35(37)36-25-13-15-27-38(36)39/h3-15,18-27,31,39-40H,16-17,28-30H2,1-2H3,(H,45,47)(H,48,49)/t31-,40-/m0/s1. The second-order valence-corrected chi connectivity index (χ2v) is 13.1. The third-order valence-electron chi connectivity index (χ3n) is 9.84. The summed E-state index contributed by atoms with van der Waals surface area (Å²) in [4.78, 5) is 40.0. The lowest BCUT2D eigenvalue weighted by Crippen LogP contribution is -2.43. The number of unbranched alkanes of at least 4 members (excludes halogenated alkanes) is 1. The van der Waals surface area contributed by atoms with Gasteiger partial charge in [-0.1, -0.05) is 140 Å². The lowest BCUT2D eigenvalue weighted by atomic mass is 9.80. The van der Waals surface area contributed by atoms with Crippen LogP contribution in [0.3, 0.4) is 0 Å². The summed E-state index contributed by atoms with van der Waals surface area (Å²) in [6.07, 6.45) is -0.325. The van der Waals surface area contributed by atoms with Crippen molar-refractivity contribution in [1.82, 2.24) is 10.2 Å². The van der Waals surface area contributed by atoms with E-state index in [1.165, 1.54) is 7.05 Å². The number of nitrogens with one attached hydrogen (secondary N) is 1. The van der Waals surface area contributed by atoms with E-state index in [4.69, 9.17) is 9.47 Å². The van der Waals surface area contributed by atoms with Crippen LogP contribution in [0.4, 0.5) is 4.79 Å². The Morgan fingerprint density at radius 3 is 1.65 bits per heavy atom. The number of amides is 2. The molecule has 2 amide bonds. The Labute approximate surface area is 305 Å². The number of ether oxygens (including phenoxy) is 2. The molecule has 2 N–H and O–H groups in total. The first-order valence-corrected chi connectivity index (χ1v) is 17.7. The first-order chi connectivity index (χ1) is 25.3. The van der Waals surface area contributed by atoms with E-state index >= 15 is 0 Å². The number of carbonyl (C=O) groups is 3. The van der Waals surface area contributed by atoms with Gasteiger partial charge in [-0.05, 0) is 65.1 Å². The number of likely N-dealkylation sites (N-methyl/N-ethyl adjacent to an activating group) is 1. The third kappa shape index (κ3) is 7.62. The third-order valence-corrected chi connectivity index (χ3v) is 9.84. The molecular formula is C44H44N2O6. The maximum absolute atomic E-state index is 13.5. The van der Waals surface area contributed by atoms with Crippen molar-refractivity contribution in [2.24, 2.45) is 0 Å². The number of hydrogen-bond donors (Lipinski definition) is 2. The normalized spacial score (nSPS) is 13.3. The number of benzene rings is 5. The Hall–Kier alpha value is -5.73. The molecule has 8 nitrogen and oxygen atoms in total. The van der Waals surface area contributed by atoms with Gasteiger partial charge in [0, 0.05) is 19.5 Å².